The Labute approximate surface area is 197 Å². The lowest BCUT2D eigenvalue weighted by molar-refractivity contribution is 0.110. The number of aromatic nitrogens is 3. The average molecular weight is 466 g/mol. The van der Waals surface area contributed by atoms with E-state index in [2.05, 4.69) is 19.9 Å². The van der Waals surface area contributed by atoms with Gasteiger partial charge in [-0.25, -0.2) is 13.9 Å². The standard InChI is InChI=1S/C25H25ClFN5O/c26-21-6-3-5-19(16-21)23-17-28-24-8-9-25(29-32(23)24)33-15-14-30-10-12-31(13-11-30)18-20-4-1-2-7-22(20)27/h1-9,16-17H,10-15,18H2. The quantitative estimate of drug-likeness (QED) is 0.405. The predicted molar refractivity (Wildman–Crippen MR) is 127 cm³/mol. The van der Waals surface area contributed by atoms with Gasteiger partial charge in [-0.3, -0.25) is 9.80 Å². The third-order valence-electron chi connectivity index (χ3n) is 5.93. The molecule has 0 spiro atoms. The van der Waals surface area contributed by atoms with Crippen LogP contribution in [0.25, 0.3) is 16.9 Å². The van der Waals surface area contributed by atoms with Crippen LogP contribution < -0.4 is 4.74 Å². The molecule has 8 heteroatoms. The van der Waals surface area contributed by atoms with E-state index in [9.17, 15) is 4.39 Å². The summed E-state index contributed by atoms with van der Waals surface area (Å²) in [7, 11) is 0. The zero-order chi connectivity index (χ0) is 22.6. The molecule has 5 rings (SSSR count). The molecule has 4 aromatic rings. The van der Waals surface area contributed by atoms with Gasteiger partial charge in [0.15, 0.2) is 5.65 Å². The Kier molecular flexibility index (Phi) is 6.53. The number of fused-ring (bicyclic) bond motifs is 1. The molecule has 0 amide bonds. The van der Waals surface area contributed by atoms with Gasteiger partial charge < -0.3 is 4.74 Å². The minimum atomic E-state index is -0.130. The molecule has 1 aliphatic rings. The van der Waals surface area contributed by atoms with Crippen molar-refractivity contribution in [3.05, 3.63) is 83.3 Å². The largest absolute Gasteiger partial charge is 0.475 e. The third kappa shape index (κ3) is 5.16. The third-order valence-corrected chi connectivity index (χ3v) is 6.17. The summed E-state index contributed by atoms with van der Waals surface area (Å²) in [5.41, 5.74) is 3.33. The fourth-order valence-corrected chi connectivity index (χ4v) is 4.29. The zero-order valence-electron chi connectivity index (χ0n) is 18.2. The number of hydrogen-bond donors (Lipinski definition) is 0. The molecule has 1 fully saturated rings. The summed E-state index contributed by atoms with van der Waals surface area (Å²) >= 11 is 6.14. The minimum Gasteiger partial charge on any atom is -0.475 e. The average Bonchev–Trinajstić information content (AvgIpc) is 3.25. The Morgan fingerprint density at radius 1 is 0.939 bits per heavy atom. The van der Waals surface area contributed by atoms with Crippen molar-refractivity contribution < 1.29 is 9.13 Å². The number of halogens is 2. The zero-order valence-corrected chi connectivity index (χ0v) is 19.0. The number of nitrogens with zero attached hydrogens (tertiary/aromatic N) is 5. The Hall–Kier alpha value is -3.00. The first-order valence-corrected chi connectivity index (χ1v) is 11.5. The molecule has 6 nitrogen and oxygen atoms in total. The van der Waals surface area contributed by atoms with Crippen LogP contribution in [0, 0.1) is 5.82 Å². The van der Waals surface area contributed by atoms with Gasteiger partial charge in [-0.05, 0) is 24.3 Å². The minimum absolute atomic E-state index is 0.130. The van der Waals surface area contributed by atoms with E-state index in [1.165, 1.54) is 6.07 Å². The molecule has 0 saturated carbocycles. The lowest BCUT2D eigenvalue weighted by Crippen LogP contribution is -2.47. The van der Waals surface area contributed by atoms with Gasteiger partial charge in [-0.1, -0.05) is 41.9 Å². The highest BCUT2D eigenvalue weighted by Gasteiger charge is 2.18. The first-order chi connectivity index (χ1) is 16.2. The molecule has 2 aromatic carbocycles. The smallest absolute Gasteiger partial charge is 0.231 e. The van der Waals surface area contributed by atoms with E-state index in [0.717, 1.165) is 55.2 Å². The fraction of sp³-hybridized carbons (Fsp3) is 0.280. The summed E-state index contributed by atoms with van der Waals surface area (Å²) in [6.45, 7) is 5.72. The molecule has 3 heterocycles. The van der Waals surface area contributed by atoms with Crippen LogP contribution in [0.4, 0.5) is 4.39 Å². The number of imidazole rings is 1. The van der Waals surface area contributed by atoms with Gasteiger partial charge in [0.25, 0.3) is 0 Å². The summed E-state index contributed by atoms with van der Waals surface area (Å²) in [4.78, 5) is 9.09. The van der Waals surface area contributed by atoms with Gasteiger partial charge in [-0.2, -0.15) is 0 Å². The van der Waals surface area contributed by atoms with E-state index in [0.29, 0.717) is 24.1 Å². The number of rotatable bonds is 7. The van der Waals surface area contributed by atoms with Crippen molar-refractivity contribution in [1.29, 1.82) is 0 Å². The van der Waals surface area contributed by atoms with Gasteiger partial charge in [0.2, 0.25) is 5.88 Å². The number of ether oxygens (including phenoxy) is 1. The van der Waals surface area contributed by atoms with E-state index in [1.807, 2.05) is 48.5 Å². The summed E-state index contributed by atoms with van der Waals surface area (Å²) in [6.07, 6.45) is 1.79. The maximum Gasteiger partial charge on any atom is 0.231 e. The van der Waals surface area contributed by atoms with Crippen LogP contribution in [0.5, 0.6) is 5.88 Å². The highest BCUT2D eigenvalue weighted by molar-refractivity contribution is 6.30. The fourth-order valence-electron chi connectivity index (χ4n) is 4.10. The summed E-state index contributed by atoms with van der Waals surface area (Å²) in [5, 5.41) is 5.29. The second kappa shape index (κ2) is 9.87. The van der Waals surface area contributed by atoms with E-state index >= 15 is 0 Å². The Morgan fingerprint density at radius 3 is 2.58 bits per heavy atom. The summed E-state index contributed by atoms with van der Waals surface area (Å²) in [5.74, 6) is 0.427. The molecule has 170 valence electrons. The van der Waals surface area contributed by atoms with Gasteiger partial charge in [-0.15, -0.1) is 5.10 Å². The molecule has 33 heavy (non-hydrogen) atoms. The van der Waals surface area contributed by atoms with Gasteiger partial charge in [0.05, 0.1) is 11.9 Å². The number of piperazine rings is 1. The SMILES string of the molecule is Fc1ccccc1CN1CCN(CCOc2ccc3ncc(-c4cccc(Cl)c4)n3n2)CC1. The van der Waals surface area contributed by atoms with E-state index in [-0.39, 0.29) is 5.82 Å². The molecule has 2 aromatic heterocycles. The maximum atomic E-state index is 13.9. The Balaban J connectivity index is 1.14. The van der Waals surface area contributed by atoms with E-state index in [1.54, 1.807) is 16.8 Å². The first kappa shape index (κ1) is 21.8. The van der Waals surface area contributed by atoms with Crippen LogP contribution in [-0.2, 0) is 6.54 Å². The number of hydrogen-bond acceptors (Lipinski definition) is 5. The van der Waals surface area contributed by atoms with Gasteiger partial charge in [0, 0.05) is 61.5 Å². The topological polar surface area (TPSA) is 45.9 Å². The predicted octanol–water partition coefficient (Wildman–Crippen LogP) is 4.39. The van der Waals surface area contributed by atoms with Crippen molar-refractivity contribution in [3.63, 3.8) is 0 Å². The molecule has 0 aliphatic carbocycles. The lowest BCUT2D eigenvalue weighted by atomic mass is 10.2. The van der Waals surface area contributed by atoms with Crippen molar-refractivity contribution in [3.8, 4) is 17.1 Å². The Bertz CT molecular complexity index is 1240. The number of benzene rings is 2. The van der Waals surface area contributed by atoms with Crippen LogP contribution in [0.2, 0.25) is 5.02 Å². The molecule has 0 atom stereocenters. The second-order valence-electron chi connectivity index (χ2n) is 8.15. The Morgan fingerprint density at radius 2 is 1.76 bits per heavy atom. The van der Waals surface area contributed by atoms with Crippen molar-refractivity contribution in [1.82, 2.24) is 24.4 Å². The highest BCUT2D eigenvalue weighted by Crippen LogP contribution is 2.24. The maximum absolute atomic E-state index is 13.9. The second-order valence-corrected chi connectivity index (χ2v) is 8.59. The molecule has 0 bridgehead atoms. The van der Waals surface area contributed by atoms with Crippen LogP contribution in [0.15, 0.2) is 66.9 Å². The van der Waals surface area contributed by atoms with Crippen molar-refractivity contribution >= 4 is 17.2 Å². The molecular weight excluding hydrogens is 441 g/mol. The summed E-state index contributed by atoms with van der Waals surface area (Å²) < 4.78 is 21.6. The van der Waals surface area contributed by atoms with Crippen molar-refractivity contribution in [2.45, 2.75) is 6.54 Å². The van der Waals surface area contributed by atoms with Crippen molar-refractivity contribution in [2.24, 2.45) is 0 Å². The van der Waals surface area contributed by atoms with Crippen LogP contribution in [0.3, 0.4) is 0 Å². The normalized spacial score (nSPS) is 15.2. The van der Waals surface area contributed by atoms with E-state index < -0.39 is 0 Å². The highest BCUT2D eigenvalue weighted by atomic mass is 35.5. The lowest BCUT2D eigenvalue weighted by Gasteiger charge is -2.34. The first-order valence-electron chi connectivity index (χ1n) is 11.1. The molecule has 0 N–H and O–H groups in total. The molecule has 1 aliphatic heterocycles. The van der Waals surface area contributed by atoms with E-state index in [4.69, 9.17) is 16.3 Å². The van der Waals surface area contributed by atoms with Crippen molar-refractivity contribution in [2.75, 3.05) is 39.3 Å². The van der Waals surface area contributed by atoms with Crippen LogP contribution in [0.1, 0.15) is 5.56 Å². The molecular formula is C25H25ClFN5O. The molecule has 1 saturated heterocycles. The molecule has 0 radical (unpaired) electrons. The monoisotopic (exact) mass is 465 g/mol. The van der Waals surface area contributed by atoms with Crippen LogP contribution in [-0.4, -0.2) is 63.7 Å². The summed E-state index contributed by atoms with van der Waals surface area (Å²) in [6, 6.07) is 18.4. The van der Waals surface area contributed by atoms with Crippen LogP contribution >= 0.6 is 11.6 Å². The van der Waals surface area contributed by atoms with Gasteiger partial charge >= 0.3 is 0 Å². The molecule has 0 unspecified atom stereocenters. The van der Waals surface area contributed by atoms with Gasteiger partial charge in [0.1, 0.15) is 12.4 Å².